The number of rotatable bonds is 8. The van der Waals surface area contributed by atoms with Crippen molar-refractivity contribution in [3.63, 3.8) is 0 Å². The van der Waals surface area contributed by atoms with Crippen molar-refractivity contribution in [3.8, 4) is 29.0 Å². The summed E-state index contributed by atoms with van der Waals surface area (Å²) in [5.41, 5.74) is 5.71. The van der Waals surface area contributed by atoms with Crippen LogP contribution in [0.5, 0.6) is 11.8 Å². The van der Waals surface area contributed by atoms with Gasteiger partial charge in [-0.05, 0) is 37.4 Å². The molecule has 16 heteroatoms. The van der Waals surface area contributed by atoms with E-state index in [0.717, 1.165) is 47.3 Å². The molecule has 2 atom stereocenters. The highest BCUT2D eigenvalue weighted by atomic mass is 35.5. The number of aromatic nitrogens is 2. The average molecular weight is 709 g/mol. The van der Waals surface area contributed by atoms with Crippen LogP contribution < -0.4 is 20.1 Å². The maximum atomic E-state index is 17.0. The van der Waals surface area contributed by atoms with Crippen molar-refractivity contribution in [1.82, 2.24) is 14.9 Å². The molecule has 0 saturated carbocycles. The fourth-order valence-electron chi connectivity index (χ4n) is 7.17. The second kappa shape index (κ2) is 12.2. The van der Waals surface area contributed by atoms with Crippen LogP contribution in [0.2, 0.25) is 5.02 Å². The minimum atomic E-state index is -3.09. The zero-order chi connectivity index (χ0) is 34.1. The van der Waals surface area contributed by atoms with Gasteiger partial charge in [-0.1, -0.05) is 29.8 Å². The number of anilines is 2. The van der Waals surface area contributed by atoms with Crippen LogP contribution in [0.15, 0.2) is 24.3 Å². The van der Waals surface area contributed by atoms with Gasteiger partial charge >= 0.3 is 6.01 Å². The molecular formula is C32H27ClF6N6O2S. The van der Waals surface area contributed by atoms with Crippen LogP contribution >= 0.6 is 22.9 Å². The Morgan fingerprint density at radius 2 is 2.02 bits per heavy atom. The van der Waals surface area contributed by atoms with Gasteiger partial charge in [0.1, 0.15) is 47.5 Å². The molecule has 1 unspecified atom stereocenters. The van der Waals surface area contributed by atoms with Crippen molar-refractivity contribution in [2.75, 3.05) is 43.5 Å². The fourth-order valence-corrected chi connectivity index (χ4v) is 8.45. The van der Waals surface area contributed by atoms with Gasteiger partial charge < -0.3 is 20.1 Å². The highest BCUT2D eigenvalue weighted by Crippen LogP contribution is 2.51. The number of alkyl halides is 4. The Bertz CT molecular complexity index is 2020. The second-order valence-corrected chi connectivity index (χ2v) is 13.6. The van der Waals surface area contributed by atoms with Gasteiger partial charge in [-0.3, -0.25) is 4.90 Å². The summed E-state index contributed by atoms with van der Waals surface area (Å²) < 4.78 is 99.9. The fraction of sp³-hybridized carbons (Fsp3) is 0.406. The lowest BCUT2D eigenvalue weighted by molar-refractivity contribution is 0.0818. The lowest BCUT2D eigenvalue weighted by Crippen LogP contribution is -2.45. The number of benzene rings is 2. The van der Waals surface area contributed by atoms with Crippen LogP contribution in [-0.4, -0.2) is 72.1 Å². The molecule has 7 rings (SSSR count). The van der Waals surface area contributed by atoms with E-state index in [0.29, 0.717) is 13.0 Å². The molecule has 48 heavy (non-hydrogen) atoms. The van der Waals surface area contributed by atoms with E-state index in [9.17, 15) is 27.2 Å². The monoisotopic (exact) mass is 708 g/mol. The van der Waals surface area contributed by atoms with Crippen LogP contribution in [0.1, 0.15) is 31.2 Å². The van der Waals surface area contributed by atoms with Crippen LogP contribution in [0.3, 0.4) is 0 Å². The summed E-state index contributed by atoms with van der Waals surface area (Å²) in [5, 5.41) is 9.23. The third-order valence-corrected chi connectivity index (χ3v) is 10.7. The quantitative estimate of drug-likeness (QED) is 0.148. The Morgan fingerprint density at radius 1 is 1.23 bits per heavy atom. The maximum Gasteiger partial charge on any atom is 0.319 e. The Labute approximate surface area is 279 Å². The number of hydrogen-bond donors (Lipinski definition) is 1. The lowest BCUT2D eigenvalue weighted by Gasteiger charge is -2.32. The summed E-state index contributed by atoms with van der Waals surface area (Å²) in [6.07, 6.45) is -4.36. The third-order valence-electron chi connectivity index (χ3n) is 9.30. The van der Waals surface area contributed by atoms with E-state index in [1.807, 2.05) is 6.07 Å². The van der Waals surface area contributed by atoms with Gasteiger partial charge in [0.05, 0.1) is 26.2 Å². The number of fused-ring (bicyclic) bond motifs is 2. The predicted octanol–water partition coefficient (Wildman–Crippen LogP) is 7.56. The Kier molecular flexibility index (Phi) is 8.24. The number of nitrogens with two attached hydrogens (primary N) is 1. The van der Waals surface area contributed by atoms with Gasteiger partial charge in [0.25, 0.3) is 6.43 Å². The lowest BCUT2D eigenvalue weighted by atomic mass is 9.94. The summed E-state index contributed by atoms with van der Waals surface area (Å²) in [6, 6.07) is 2.07. The molecule has 2 aromatic carbocycles. The number of thiophene rings is 1. The Morgan fingerprint density at radius 3 is 2.75 bits per heavy atom. The van der Waals surface area contributed by atoms with Gasteiger partial charge in [-0.15, -0.1) is 11.3 Å². The van der Waals surface area contributed by atoms with Crippen LogP contribution in [-0.2, 0) is 0 Å². The minimum Gasteiger partial charge on any atom is -0.489 e. The van der Waals surface area contributed by atoms with Gasteiger partial charge in [0.15, 0.2) is 11.6 Å². The smallest absolute Gasteiger partial charge is 0.319 e. The first kappa shape index (κ1) is 32.5. The van der Waals surface area contributed by atoms with Crippen molar-refractivity contribution in [2.24, 2.45) is 0 Å². The molecule has 2 fully saturated rings. The molecule has 8 nitrogen and oxygen atoms in total. The SMILES string of the molecule is C=C1CN2CCC[C@@]2(COc2nc3c4c(c(Cl)c(-c5ccc(F)c6sc(N)c(C#N)c56)c(F)c4n2)OCC(C(F)F)N3CCC(F)F)C1. The van der Waals surface area contributed by atoms with Crippen molar-refractivity contribution >= 4 is 54.7 Å². The zero-order valence-corrected chi connectivity index (χ0v) is 26.7. The number of nitriles is 1. The van der Waals surface area contributed by atoms with Crippen LogP contribution in [0.4, 0.5) is 37.2 Å². The van der Waals surface area contributed by atoms with E-state index in [1.165, 1.54) is 6.07 Å². The molecule has 3 aliphatic rings. The van der Waals surface area contributed by atoms with Gasteiger partial charge in [0.2, 0.25) is 6.43 Å². The summed E-state index contributed by atoms with van der Waals surface area (Å²) in [6.45, 7) is 4.40. The van der Waals surface area contributed by atoms with Crippen LogP contribution in [0.25, 0.3) is 32.1 Å². The number of nitrogens with zero attached hydrogens (tertiary/aromatic N) is 5. The molecule has 4 aromatic rings. The van der Waals surface area contributed by atoms with E-state index in [1.54, 1.807) is 0 Å². The summed E-state index contributed by atoms with van der Waals surface area (Å²) >= 11 is 7.61. The number of hydrogen-bond acceptors (Lipinski definition) is 9. The highest BCUT2D eigenvalue weighted by Gasteiger charge is 2.47. The molecule has 252 valence electrons. The van der Waals surface area contributed by atoms with E-state index >= 15 is 4.39 Å². The normalized spacial score (nSPS) is 21.0. The second-order valence-electron chi connectivity index (χ2n) is 12.2. The molecule has 3 aliphatic heterocycles. The summed E-state index contributed by atoms with van der Waals surface area (Å²) in [4.78, 5) is 12.0. The molecule has 0 amide bonds. The number of halogens is 7. The van der Waals surface area contributed by atoms with E-state index in [4.69, 9.17) is 26.8 Å². The molecule has 0 aliphatic carbocycles. The largest absolute Gasteiger partial charge is 0.489 e. The van der Waals surface area contributed by atoms with E-state index in [-0.39, 0.29) is 61.3 Å². The molecule has 0 radical (unpaired) electrons. The van der Waals surface area contributed by atoms with Crippen molar-refractivity contribution in [2.45, 2.75) is 50.1 Å². The minimum absolute atomic E-state index is 0.00220. The molecule has 0 spiro atoms. The van der Waals surface area contributed by atoms with Crippen LogP contribution in [0, 0.1) is 23.0 Å². The summed E-state index contributed by atoms with van der Waals surface area (Å²) in [5.74, 6) is -2.36. The molecule has 2 N–H and O–H groups in total. The maximum absolute atomic E-state index is 17.0. The summed E-state index contributed by atoms with van der Waals surface area (Å²) in [7, 11) is 0. The topological polar surface area (TPSA) is 101 Å². The predicted molar refractivity (Wildman–Crippen MR) is 170 cm³/mol. The zero-order valence-electron chi connectivity index (χ0n) is 25.1. The van der Waals surface area contributed by atoms with E-state index in [2.05, 4.69) is 21.4 Å². The molecule has 5 heterocycles. The molecule has 2 saturated heterocycles. The van der Waals surface area contributed by atoms with Gasteiger partial charge in [-0.2, -0.15) is 15.2 Å². The first-order valence-electron chi connectivity index (χ1n) is 15.1. The Balaban J connectivity index is 1.47. The molecule has 2 aromatic heterocycles. The average Bonchev–Trinajstić information content (AvgIpc) is 3.64. The number of ether oxygens (including phenoxy) is 2. The van der Waals surface area contributed by atoms with Crippen molar-refractivity contribution in [1.29, 1.82) is 5.26 Å². The standard InChI is InChI=1S/C32H27ClF6N6O2S/c1-14-9-32(6-2-7-44(32)11-14)13-47-31-42-25-22-26(46-12-18(28(38)39)45(30(22)43-31)8-5-19(35)36)23(33)21(24(25)37)15-3-4-17(34)27-20(15)16(10-40)29(41)48-27/h3-4,18-19,28H,1-2,5-9,11-13,41H2/t18?,32-/m0/s1. The van der Waals surface area contributed by atoms with Gasteiger partial charge in [0, 0.05) is 30.5 Å². The van der Waals surface area contributed by atoms with E-state index < -0.39 is 66.2 Å². The van der Waals surface area contributed by atoms with Crippen molar-refractivity contribution < 1.29 is 35.8 Å². The first-order chi connectivity index (χ1) is 22.9. The molecular weight excluding hydrogens is 682 g/mol. The van der Waals surface area contributed by atoms with Crippen molar-refractivity contribution in [3.05, 3.63) is 46.5 Å². The number of nitrogen functional groups attached to an aromatic ring is 1. The highest BCUT2D eigenvalue weighted by molar-refractivity contribution is 7.23. The Hall–Kier alpha value is -4.00. The molecule has 0 bridgehead atoms. The first-order valence-corrected chi connectivity index (χ1v) is 16.3. The van der Waals surface area contributed by atoms with Gasteiger partial charge in [-0.25, -0.2) is 26.3 Å². The third kappa shape index (κ3) is 5.16.